The van der Waals surface area contributed by atoms with Crippen LogP contribution >= 0.6 is 0 Å². The molecular formula is C20H21N5O2. The maximum Gasteiger partial charge on any atom is 0.338 e. The fraction of sp³-hybridized carbons (Fsp3) is 0.300. The van der Waals surface area contributed by atoms with E-state index < -0.39 is 0 Å². The first kappa shape index (κ1) is 17.2. The highest BCUT2D eigenvalue weighted by molar-refractivity contribution is 5.89. The first-order valence-corrected chi connectivity index (χ1v) is 9.14. The van der Waals surface area contributed by atoms with Crippen LogP contribution in [0.4, 0.5) is 5.69 Å². The van der Waals surface area contributed by atoms with Crippen LogP contribution < -0.4 is 4.90 Å². The van der Waals surface area contributed by atoms with Gasteiger partial charge in [-0.3, -0.25) is 0 Å². The van der Waals surface area contributed by atoms with Crippen LogP contribution in [-0.2, 0) is 11.2 Å². The van der Waals surface area contributed by atoms with Gasteiger partial charge in [-0.15, -0.1) is 10.2 Å². The molecule has 7 heteroatoms. The van der Waals surface area contributed by atoms with Crippen LogP contribution in [0.5, 0.6) is 0 Å². The van der Waals surface area contributed by atoms with E-state index >= 15 is 0 Å². The van der Waals surface area contributed by atoms with Gasteiger partial charge in [0, 0.05) is 30.8 Å². The average molecular weight is 363 g/mol. The Morgan fingerprint density at radius 1 is 1.04 bits per heavy atom. The van der Waals surface area contributed by atoms with E-state index in [0.29, 0.717) is 24.4 Å². The van der Waals surface area contributed by atoms with E-state index in [1.165, 1.54) is 24.1 Å². The highest BCUT2D eigenvalue weighted by Crippen LogP contribution is 2.20. The van der Waals surface area contributed by atoms with Crippen LogP contribution in [0.3, 0.4) is 0 Å². The molecule has 138 valence electrons. The molecule has 1 aliphatic heterocycles. The second kappa shape index (κ2) is 7.99. The van der Waals surface area contributed by atoms with Crippen molar-refractivity contribution in [1.29, 1.82) is 0 Å². The summed E-state index contributed by atoms with van der Waals surface area (Å²) < 4.78 is 5.39. The van der Waals surface area contributed by atoms with Gasteiger partial charge < -0.3 is 9.64 Å². The van der Waals surface area contributed by atoms with Gasteiger partial charge in [-0.05, 0) is 47.9 Å². The van der Waals surface area contributed by atoms with Crippen molar-refractivity contribution in [1.82, 2.24) is 20.6 Å². The zero-order chi connectivity index (χ0) is 18.5. The molecule has 0 unspecified atom stereocenters. The van der Waals surface area contributed by atoms with E-state index in [9.17, 15) is 4.79 Å². The fourth-order valence-electron chi connectivity index (χ4n) is 3.23. The number of benzene rings is 2. The van der Waals surface area contributed by atoms with Crippen molar-refractivity contribution in [3.8, 4) is 11.4 Å². The molecule has 0 amide bonds. The van der Waals surface area contributed by atoms with Crippen LogP contribution in [-0.4, -0.2) is 46.3 Å². The lowest BCUT2D eigenvalue weighted by Crippen LogP contribution is -2.17. The Kier molecular flexibility index (Phi) is 5.09. The maximum atomic E-state index is 12.2. The van der Waals surface area contributed by atoms with Crippen LogP contribution in [0.2, 0.25) is 0 Å². The first-order valence-electron chi connectivity index (χ1n) is 9.14. The van der Waals surface area contributed by atoms with Gasteiger partial charge in [0.15, 0.2) is 0 Å². The Labute approximate surface area is 157 Å². The third-order valence-electron chi connectivity index (χ3n) is 4.76. The molecule has 4 rings (SSSR count). The van der Waals surface area contributed by atoms with Crippen molar-refractivity contribution in [2.24, 2.45) is 0 Å². The average Bonchev–Trinajstić information content (AvgIpc) is 3.43. The number of esters is 1. The number of anilines is 1. The summed E-state index contributed by atoms with van der Waals surface area (Å²) in [4.78, 5) is 14.6. The number of nitrogens with one attached hydrogen (secondary N) is 1. The quantitative estimate of drug-likeness (QED) is 0.678. The van der Waals surface area contributed by atoms with E-state index in [-0.39, 0.29) is 5.97 Å². The van der Waals surface area contributed by atoms with Gasteiger partial charge in [0.1, 0.15) is 0 Å². The molecule has 0 saturated carbocycles. The number of carbonyl (C=O) groups excluding carboxylic acids is 1. The van der Waals surface area contributed by atoms with Crippen LogP contribution in [0.25, 0.3) is 11.4 Å². The number of ether oxygens (including phenoxy) is 1. The van der Waals surface area contributed by atoms with E-state index in [1.807, 2.05) is 0 Å². The molecule has 7 nitrogen and oxygen atoms in total. The molecule has 0 spiro atoms. The molecule has 1 N–H and O–H groups in total. The third kappa shape index (κ3) is 4.13. The predicted molar refractivity (Wildman–Crippen MR) is 101 cm³/mol. The molecule has 2 heterocycles. The normalized spacial score (nSPS) is 13.7. The molecule has 1 saturated heterocycles. The Hall–Kier alpha value is -3.22. The van der Waals surface area contributed by atoms with Crippen LogP contribution in [0, 0.1) is 0 Å². The molecule has 2 aromatic carbocycles. The summed E-state index contributed by atoms with van der Waals surface area (Å²) in [7, 11) is 0. The molecule has 0 atom stereocenters. The predicted octanol–water partition coefficient (Wildman–Crippen LogP) is 2.87. The summed E-state index contributed by atoms with van der Waals surface area (Å²) >= 11 is 0. The molecule has 3 aromatic rings. The molecule has 27 heavy (non-hydrogen) atoms. The Bertz CT molecular complexity index is 870. The van der Waals surface area contributed by atoms with Crippen molar-refractivity contribution >= 4 is 11.7 Å². The minimum atomic E-state index is -0.330. The largest absolute Gasteiger partial charge is 0.462 e. The summed E-state index contributed by atoms with van der Waals surface area (Å²) in [6.07, 6.45) is 3.24. The molecular weight excluding hydrogens is 342 g/mol. The molecule has 1 aromatic heterocycles. The van der Waals surface area contributed by atoms with Crippen molar-refractivity contribution < 1.29 is 9.53 Å². The van der Waals surface area contributed by atoms with Crippen molar-refractivity contribution in [3.63, 3.8) is 0 Å². The number of aromatic nitrogens is 4. The van der Waals surface area contributed by atoms with Crippen molar-refractivity contribution in [2.75, 3.05) is 24.6 Å². The van der Waals surface area contributed by atoms with Crippen LogP contribution in [0.1, 0.15) is 28.8 Å². The summed E-state index contributed by atoms with van der Waals surface area (Å²) in [6.45, 7) is 2.64. The van der Waals surface area contributed by atoms with Gasteiger partial charge in [-0.1, -0.05) is 24.3 Å². The highest BCUT2D eigenvalue weighted by Gasteiger charge is 2.12. The van der Waals surface area contributed by atoms with Gasteiger partial charge in [0.2, 0.25) is 5.82 Å². The number of nitrogens with zero attached hydrogens (tertiary/aromatic N) is 4. The number of carbonyl (C=O) groups is 1. The topological polar surface area (TPSA) is 84.0 Å². The second-order valence-corrected chi connectivity index (χ2v) is 6.56. The number of hydrogen-bond donors (Lipinski definition) is 1. The molecule has 0 aliphatic carbocycles. The minimum absolute atomic E-state index is 0.330. The first-order chi connectivity index (χ1) is 13.3. The highest BCUT2D eigenvalue weighted by atomic mass is 16.5. The molecule has 0 bridgehead atoms. The third-order valence-corrected chi connectivity index (χ3v) is 4.76. The standard InChI is InChI=1S/C20H21N5O2/c26-20(17-7-5-16(6-8-17)19-21-23-24-22-19)27-14-11-15-3-9-18(10-4-15)25-12-1-2-13-25/h3-10H,1-2,11-14H2,(H,21,22,23,24). The van der Waals surface area contributed by atoms with Gasteiger partial charge in [0.25, 0.3) is 0 Å². The van der Waals surface area contributed by atoms with Gasteiger partial charge in [-0.2, -0.15) is 5.21 Å². The van der Waals surface area contributed by atoms with Gasteiger partial charge in [0.05, 0.1) is 12.2 Å². The summed E-state index contributed by atoms with van der Waals surface area (Å²) in [6, 6.07) is 15.5. The van der Waals surface area contributed by atoms with E-state index in [4.69, 9.17) is 4.74 Å². The summed E-state index contributed by atoms with van der Waals surface area (Å²) in [5.74, 6) is 0.163. The maximum absolute atomic E-state index is 12.2. The Morgan fingerprint density at radius 3 is 2.44 bits per heavy atom. The summed E-state index contributed by atoms with van der Waals surface area (Å²) in [5, 5.41) is 13.7. The molecule has 1 fully saturated rings. The smallest absolute Gasteiger partial charge is 0.338 e. The molecule has 1 aliphatic rings. The molecule has 0 radical (unpaired) electrons. The fourth-order valence-corrected chi connectivity index (χ4v) is 3.23. The number of tetrazole rings is 1. The lowest BCUT2D eigenvalue weighted by molar-refractivity contribution is 0.0509. The Balaban J connectivity index is 1.28. The van der Waals surface area contributed by atoms with Crippen molar-refractivity contribution in [2.45, 2.75) is 19.3 Å². The summed E-state index contributed by atoms with van der Waals surface area (Å²) in [5.41, 5.74) is 3.73. The van der Waals surface area contributed by atoms with E-state index in [1.54, 1.807) is 24.3 Å². The van der Waals surface area contributed by atoms with E-state index in [0.717, 1.165) is 18.7 Å². The van der Waals surface area contributed by atoms with Crippen LogP contribution in [0.15, 0.2) is 48.5 Å². The monoisotopic (exact) mass is 363 g/mol. The second-order valence-electron chi connectivity index (χ2n) is 6.56. The SMILES string of the molecule is O=C(OCCc1ccc(N2CCCC2)cc1)c1ccc(-c2nn[nH]n2)cc1. The van der Waals surface area contributed by atoms with Gasteiger partial charge >= 0.3 is 5.97 Å². The number of rotatable bonds is 6. The Morgan fingerprint density at radius 2 is 1.78 bits per heavy atom. The number of hydrogen-bond acceptors (Lipinski definition) is 6. The van der Waals surface area contributed by atoms with Gasteiger partial charge in [-0.25, -0.2) is 4.79 Å². The zero-order valence-corrected chi connectivity index (χ0v) is 15.0. The van der Waals surface area contributed by atoms with Crippen molar-refractivity contribution in [3.05, 3.63) is 59.7 Å². The number of H-pyrrole nitrogens is 1. The minimum Gasteiger partial charge on any atom is -0.462 e. The number of aromatic amines is 1. The lowest BCUT2D eigenvalue weighted by Gasteiger charge is -2.17. The lowest BCUT2D eigenvalue weighted by atomic mass is 10.1. The zero-order valence-electron chi connectivity index (χ0n) is 15.0. The van der Waals surface area contributed by atoms with E-state index in [2.05, 4.69) is 49.8 Å².